The minimum absolute atomic E-state index is 0.0152. The summed E-state index contributed by atoms with van der Waals surface area (Å²) in [6.45, 7) is 2.40. The third kappa shape index (κ3) is 3.01. The number of aromatic nitrogens is 1. The number of anilines is 1. The van der Waals surface area contributed by atoms with Crippen LogP contribution in [0.2, 0.25) is 0 Å². The number of hydrogen-bond donors (Lipinski definition) is 2. The van der Waals surface area contributed by atoms with Crippen LogP contribution >= 0.6 is 0 Å². The first-order valence-corrected chi connectivity index (χ1v) is 5.77. The second-order valence-corrected chi connectivity index (χ2v) is 4.30. The maximum atomic E-state index is 11.9. The first-order chi connectivity index (χ1) is 8.19. The van der Waals surface area contributed by atoms with Crippen molar-refractivity contribution in [2.45, 2.75) is 32.0 Å². The van der Waals surface area contributed by atoms with E-state index in [9.17, 15) is 4.79 Å². The van der Waals surface area contributed by atoms with Gasteiger partial charge in [-0.15, -0.1) is 0 Å². The number of nitrogens with two attached hydrogens (primary N) is 1. The van der Waals surface area contributed by atoms with Gasteiger partial charge in [-0.1, -0.05) is 0 Å². The Morgan fingerprint density at radius 1 is 1.59 bits per heavy atom. The van der Waals surface area contributed by atoms with E-state index < -0.39 is 0 Å². The van der Waals surface area contributed by atoms with Gasteiger partial charge in [0, 0.05) is 12.7 Å². The Bertz CT molecular complexity index is 408. The van der Waals surface area contributed by atoms with E-state index in [0.717, 1.165) is 18.4 Å². The number of amides is 1. The maximum absolute atomic E-state index is 11.9. The lowest BCUT2D eigenvalue weighted by atomic mass is 10.2. The number of carbonyl (C=O) groups is 1. The minimum atomic E-state index is -0.385. The molecule has 2 rings (SSSR count). The van der Waals surface area contributed by atoms with Crippen LogP contribution in [0.5, 0.6) is 0 Å². The molecule has 3 N–H and O–H groups in total. The van der Waals surface area contributed by atoms with Crippen molar-refractivity contribution in [2.24, 2.45) is 5.73 Å². The molecule has 1 aliphatic heterocycles. The molecule has 1 aliphatic rings. The molecular formula is C12H17N3O2. The molecular weight excluding hydrogens is 218 g/mol. The van der Waals surface area contributed by atoms with Crippen LogP contribution in [0.4, 0.5) is 5.69 Å². The van der Waals surface area contributed by atoms with Crippen molar-refractivity contribution in [1.82, 2.24) is 4.98 Å². The van der Waals surface area contributed by atoms with Gasteiger partial charge in [-0.2, -0.15) is 0 Å². The molecule has 1 fully saturated rings. The Morgan fingerprint density at radius 3 is 3.06 bits per heavy atom. The Morgan fingerprint density at radius 2 is 2.41 bits per heavy atom. The SMILES string of the molecule is Cc1cncc(NC(=O)[C@@H]2CC[C@H](CN)O2)c1. The van der Waals surface area contributed by atoms with Gasteiger partial charge in [0.15, 0.2) is 0 Å². The summed E-state index contributed by atoms with van der Waals surface area (Å²) in [4.78, 5) is 15.9. The number of rotatable bonds is 3. The average molecular weight is 235 g/mol. The largest absolute Gasteiger partial charge is 0.364 e. The summed E-state index contributed by atoms with van der Waals surface area (Å²) >= 11 is 0. The van der Waals surface area contributed by atoms with Crippen LogP contribution in [0.3, 0.4) is 0 Å². The summed E-state index contributed by atoms with van der Waals surface area (Å²) in [5.41, 5.74) is 7.21. The van der Waals surface area contributed by atoms with Crippen LogP contribution in [-0.2, 0) is 9.53 Å². The minimum Gasteiger partial charge on any atom is -0.364 e. The quantitative estimate of drug-likeness (QED) is 0.813. The first-order valence-electron chi connectivity index (χ1n) is 5.77. The van der Waals surface area contributed by atoms with Crippen molar-refractivity contribution >= 4 is 11.6 Å². The standard InChI is InChI=1S/C12H17N3O2/c1-8-4-9(7-14-6-8)15-12(16)11-3-2-10(5-13)17-11/h4,6-7,10-11H,2-3,5,13H2,1H3,(H,15,16)/t10-,11+/m1/s1. The van der Waals surface area contributed by atoms with E-state index in [1.165, 1.54) is 0 Å². The van der Waals surface area contributed by atoms with Gasteiger partial charge < -0.3 is 15.8 Å². The molecule has 17 heavy (non-hydrogen) atoms. The molecule has 2 heterocycles. The number of ether oxygens (including phenoxy) is 1. The van der Waals surface area contributed by atoms with Gasteiger partial charge in [0.2, 0.25) is 0 Å². The lowest BCUT2D eigenvalue weighted by Crippen LogP contribution is -2.29. The molecule has 0 radical (unpaired) electrons. The predicted molar refractivity (Wildman–Crippen MR) is 64.6 cm³/mol. The molecule has 0 aliphatic carbocycles. The lowest BCUT2D eigenvalue weighted by Gasteiger charge is -2.12. The monoisotopic (exact) mass is 235 g/mol. The van der Waals surface area contributed by atoms with Crippen LogP contribution in [0.1, 0.15) is 18.4 Å². The highest BCUT2D eigenvalue weighted by Crippen LogP contribution is 2.20. The van der Waals surface area contributed by atoms with E-state index in [2.05, 4.69) is 10.3 Å². The van der Waals surface area contributed by atoms with Crippen molar-refractivity contribution < 1.29 is 9.53 Å². The third-order valence-corrected chi connectivity index (χ3v) is 2.81. The molecule has 1 amide bonds. The molecule has 1 saturated heterocycles. The maximum Gasteiger partial charge on any atom is 0.253 e. The van der Waals surface area contributed by atoms with E-state index in [4.69, 9.17) is 10.5 Å². The third-order valence-electron chi connectivity index (χ3n) is 2.81. The van der Waals surface area contributed by atoms with Crippen molar-refractivity contribution in [3.05, 3.63) is 24.0 Å². The summed E-state index contributed by atoms with van der Waals surface area (Å²) in [6, 6.07) is 1.88. The highest BCUT2D eigenvalue weighted by Gasteiger charge is 2.29. The lowest BCUT2D eigenvalue weighted by molar-refractivity contribution is -0.126. The van der Waals surface area contributed by atoms with Gasteiger partial charge in [-0.25, -0.2) is 0 Å². The van der Waals surface area contributed by atoms with Gasteiger partial charge >= 0.3 is 0 Å². The second kappa shape index (κ2) is 5.25. The van der Waals surface area contributed by atoms with E-state index in [-0.39, 0.29) is 18.1 Å². The van der Waals surface area contributed by atoms with Crippen LogP contribution in [0.15, 0.2) is 18.5 Å². The molecule has 92 valence electrons. The summed E-state index contributed by atoms with van der Waals surface area (Å²) in [5.74, 6) is -0.117. The molecule has 0 spiro atoms. The van der Waals surface area contributed by atoms with Crippen molar-refractivity contribution in [2.75, 3.05) is 11.9 Å². The smallest absolute Gasteiger partial charge is 0.253 e. The van der Waals surface area contributed by atoms with E-state index in [1.807, 2.05) is 13.0 Å². The average Bonchev–Trinajstić information content (AvgIpc) is 2.77. The Balaban J connectivity index is 1.93. The number of nitrogens with one attached hydrogen (secondary N) is 1. The van der Waals surface area contributed by atoms with Crippen LogP contribution in [0.25, 0.3) is 0 Å². The Hall–Kier alpha value is -1.46. The number of nitrogens with zero attached hydrogens (tertiary/aromatic N) is 1. The first kappa shape index (κ1) is 12.0. The van der Waals surface area contributed by atoms with E-state index in [1.54, 1.807) is 12.4 Å². The molecule has 0 bridgehead atoms. The summed E-state index contributed by atoms with van der Waals surface area (Å²) in [6.07, 6.45) is 4.57. The molecule has 5 heteroatoms. The number of aryl methyl sites for hydroxylation is 1. The van der Waals surface area contributed by atoms with Crippen LogP contribution in [-0.4, -0.2) is 29.6 Å². The Labute approximate surface area is 100 Å². The molecule has 5 nitrogen and oxygen atoms in total. The zero-order chi connectivity index (χ0) is 12.3. The summed E-state index contributed by atoms with van der Waals surface area (Å²) < 4.78 is 5.52. The molecule has 1 aromatic heterocycles. The fourth-order valence-electron chi connectivity index (χ4n) is 1.92. The molecule has 0 aromatic carbocycles. The van der Waals surface area contributed by atoms with Gasteiger partial charge in [0.25, 0.3) is 5.91 Å². The molecule has 0 unspecified atom stereocenters. The van der Waals surface area contributed by atoms with Crippen molar-refractivity contribution in [1.29, 1.82) is 0 Å². The zero-order valence-electron chi connectivity index (χ0n) is 9.85. The highest BCUT2D eigenvalue weighted by atomic mass is 16.5. The molecule has 1 aromatic rings. The highest BCUT2D eigenvalue weighted by molar-refractivity contribution is 5.94. The summed E-state index contributed by atoms with van der Waals surface area (Å²) in [7, 11) is 0. The molecule has 2 atom stereocenters. The second-order valence-electron chi connectivity index (χ2n) is 4.30. The van der Waals surface area contributed by atoms with Gasteiger partial charge in [-0.3, -0.25) is 9.78 Å². The fourth-order valence-corrected chi connectivity index (χ4v) is 1.92. The fraction of sp³-hybridized carbons (Fsp3) is 0.500. The molecule has 0 saturated carbocycles. The predicted octanol–water partition coefficient (Wildman–Crippen LogP) is 0.835. The van der Waals surface area contributed by atoms with Gasteiger partial charge in [0.05, 0.1) is 18.0 Å². The van der Waals surface area contributed by atoms with E-state index in [0.29, 0.717) is 12.2 Å². The summed E-state index contributed by atoms with van der Waals surface area (Å²) in [5, 5.41) is 2.80. The van der Waals surface area contributed by atoms with Crippen molar-refractivity contribution in [3.63, 3.8) is 0 Å². The van der Waals surface area contributed by atoms with Crippen molar-refractivity contribution in [3.8, 4) is 0 Å². The van der Waals surface area contributed by atoms with Gasteiger partial charge in [0.1, 0.15) is 6.10 Å². The number of carbonyl (C=O) groups excluding carboxylic acids is 1. The zero-order valence-corrected chi connectivity index (χ0v) is 9.85. The topological polar surface area (TPSA) is 77.2 Å². The van der Waals surface area contributed by atoms with E-state index >= 15 is 0 Å². The van der Waals surface area contributed by atoms with Crippen LogP contribution in [0, 0.1) is 6.92 Å². The van der Waals surface area contributed by atoms with Crippen LogP contribution < -0.4 is 11.1 Å². The number of hydrogen-bond acceptors (Lipinski definition) is 4. The Kier molecular flexibility index (Phi) is 3.71. The number of pyridine rings is 1. The normalized spacial score (nSPS) is 23.6. The van der Waals surface area contributed by atoms with Gasteiger partial charge in [-0.05, 0) is 31.4 Å².